The fourth-order valence-corrected chi connectivity index (χ4v) is 1.87. The van der Waals surface area contributed by atoms with Gasteiger partial charge in [-0.25, -0.2) is 4.98 Å². The fraction of sp³-hybridized carbons (Fsp3) is 0.400. The van der Waals surface area contributed by atoms with Gasteiger partial charge in [0.25, 0.3) is 0 Å². The van der Waals surface area contributed by atoms with Crippen LogP contribution in [0.1, 0.15) is 18.3 Å². The van der Waals surface area contributed by atoms with E-state index in [9.17, 15) is 0 Å². The summed E-state index contributed by atoms with van der Waals surface area (Å²) in [5.41, 5.74) is 1.28. The number of nitrogens with one attached hydrogen (secondary N) is 1. The minimum Gasteiger partial charge on any atom is -0.492 e. The Morgan fingerprint density at radius 1 is 1.26 bits per heavy atom. The van der Waals surface area contributed by atoms with Gasteiger partial charge in [0.2, 0.25) is 0 Å². The smallest absolute Gasteiger partial charge is 0.119 e. The number of hydrogen-bond acceptors (Lipinski definition) is 3. The van der Waals surface area contributed by atoms with Crippen molar-refractivity contribution in [3.8, 4) is 5.75 Å². The number of benzene rings is 1. The van der Waals surface area contributed by atoms with Gasteiger partial charge in [0.05, 0.1) is 6.54 Å². The first-order valence-electron chi connectivity index (χ1n) is 6.70. The van der Waals surface area contributed by atoms with Crippen LogP contribution in [-0.4, -0.2) is 22.7 Å². The van der Waals surface area contributed by atoms with Crippen molar-refractivity contribution in [3.63, 3.8) is 0 Å². The summed E-state index contributed by atoms with van der Waals surface area (Å²) >= 11 is 0. The molecule has 4 nitrogen and oxygen atoms in total. The van der Waals surface area contributed by atoms with Gasteiger partial charge >= 0.3 is 0 Å². The summed E-state index contributed by atoms with van der Waals surface area (Å²) in [5, 5.41) is 3.30. The van der Waals surface area contributed by atoms with Crippen LogP contribution in [0.25, 0.3) is 0 Å². The van der Waals surface area contributed by atoms with Crippen LogP contribution in [0.3, 0.4) is 0 Å². The van der Waals surface area contributed by atoms with Crippen molar-refractivity contribution in [2.24, 2.45) is 0 Å². The number of aryl methyl sites for hydroxylation is 1. The van der Waals surface area contributed by atoms with Crippen LogP contribution in [0.5, 0.6) is 5.75 Å². The van der Waals surface area contributed by atoms with E-state index in [-0.39, 0.29) is 0 Å². The Morgan fingerprint density at radius 2 is 2.05 bits per heavy atom. The predicted octanol–water partition coefficient (Wildman–Crippen LogP) is 2.38. The zero-order valence-corrected chi connectivity index (χ0v) is 11.6. The van der Waals surface area contributed by atoms with Gasteiger partial charge in [0, 0.05) is 18.9 Å². The number of aromatic nitrogens is 2. The first-order chi connectivity index (χ1) is 9.29. The highest BCUT2D eigenvalue weighted by Gasteiger charge is 1.98. The highest BCUT2D eigenvalue weighted by molar-refractivity contribution is 5.27. The third kappa shape index (κ3) is 4.10. The lowest BCUT2D eigenvalue weighted by molar-refractivity contribution is 0.297. The Balaban J connectivity index is 1.78. The van der Waals surface area contributed by atoms with Crippen LogP contribution >= 0.6 is 0 Å². The molecule has 1 N–H and O–H groups in total. The minimum absolute atomic E-state index is 0.657. The van der Waals surface area contributed by atoms with E-state index < -0.39 is 0 Å². The Kier molecular flexibility index (Phi) is 4.98. The van der Waals surface area contributed by atoms with Crippen LogP contribution in [0.15, 0.2) is 36.7 Å². The van der Waals surface area contributed by atoms with Gasteiger partial charge in [-0.3, -0.25) is 0 Å². The second-order valence-electron chi connectivity index (χ2n) is 4.44. The molecule has 1 heterocycles. The normalized spacial score (nSPS) is 10.6. The van der Waals surface area contributed by atoms with Crippen molar-refractivity contribution < 1.29 is 4.74 Å². The minimum atomic E-state index is 0.657. The Bertz CT molecular complexity index is 490. The summed E-state index contributed by atoms with van der Waals surface area (Å²) in [4.78, 5) is 4.18. The molecule has 19 heavy (non-hydrogen) atoms. The summed E-state index contributed by atoms with van der Waals surface area (Å²) in [6.45, 7) is 7.48. The second kappa shape index (κ2) is 6.95. The average Bonchev–Trinajstić information content (AvgIpc) is 2.84. The molecule has 102 valence electrons. The molecule has 2 rings (SSSR count). The number of hydrogen-bond donors (Lipinski definition) is 1. The van der Waals surface area contributed by atoms with E-state index in [1.807, 2.05) is 31.5 Å². The molecule has 0 aliphatic rings. The zero-order chi connectivity index (χ0) is 13.5. The summed E-state index contributed by atoms with van der Waals surface area (Å²) in [6, 6.07) is 8.24. The predicted molar refractivity (Wildman–Crippen MR) is 76.3 cm³/mol. The van der Waals surface area contributed by atoms with E-state index >= 15 is 0 Å². The van der Waals surface area contributed by atoms with Crippen LogP contribution < -0.4 is 10.1 Å². The molecule has 0 unspecified atom stereocenters. The summed E-state index contributed by atoms with van der Waals surface area (Å²) in [6.07, 6.45) is 3.78. The maximum Gasteiger partial charge on any atom is 0.119 e. The first kappa shape index (κ1) is 13.6. The molecule has 0 aliphatic carbocycles. The van der Waals surface area contributed by atoms with E-state index in [4.69, 9.17) is 4.74 Å². The lowest BCUT2D eigenvalue weighted by atomic mass is 10.2. The largest absolute Gasteiger partial charge is 0.492 e. The van der Waals surface area contributed by atoms with Crippen molar-refractivity contribution in [1.29, 1.82) is 0 Å². The molecule has 0 radical (unpaired) electrons. The molecular formula is C15H21N3O. The standard InChI is InChI=1S/C15H21N3O/c1-3-16-12-14-4-6-15(7-5-14)19-11-10-18-9-8-17-13(18)2/h4-9,16H,3,10-12H2,1-2H3. The van der Waals surface area contributed by atoms with Gasteiger partial charge < -0.3 is 14.6 Å². The molecule has 0 fully saturated rings. The van der Waals surface area contributed by atoms with E-state index in [2.05, 4.69) is 33.9 Å². The topological polar surface area (TPSA) is 39.1 Å². The molecule has 0 aliphatic heterocycles. The van der Waals surface area contributed by atoms with Gasteiger partial charge in [-0.05, 0) is 31.2 Å². The molecule has 0 saturated carbocycles. The maximum atomic E-state index is 5.72. The van der Waals surface area contributed by atoms with E-state index in [1.165, 1.54) is 5.56 Å². The summed E-state index contributed by atoms with van der Waals surface area (Å²) in [5.74, 6) is 1.93. The Morgan fingerprint density at radius 3 is 2.68 bits per heavy atom. The fourth-order valence-electron chi connectivity index (χ4n) is 1.87. The highest BCUT2D eigenvalue weighted by atomic mass is 16.5. The van der Waals surface area contributed by atoms with Crippen LogP contribution in [0.4, 0.5) is 0 Å². The van der Waals surface area contributed by atoms with E-state index in [0.29, 0.717) is 6.61 Å². The van der Waals surface area contributed by atoms with Gasteiger partial charge in [0.15, 0.2) is 0 Å². The van der Waals surface area contributed by atoms with Crippen molar-refractivity contribution in [1.82, 2.24) is 14.9 Å². The first-order valence-corrected chi connectivity index (χ1v) is 6.70. The number of rotatable bonds is 7. The molecule has 1 aromatic carbocycles. The molecule has 0 atom stereocenters. The van der Waals surface area contributed by atoms with Gasteiger partial charge in [-0.15, -0.1) is 0 Å². The average molecular weight is 259 g/mol. The lowest BCUT2D eigenvalue weighted by Crippen LogP contribution is -2.11. The zero-order valence-electron chi connectivity index (χ0n) is 11.6. The number of nitrogens with zero attached hydrogens (tertiary/aromatic N) is 2. The summed E-state index contributed by atoms with van der Waals surface area (Å²) < 4.78 is 7.81. The number of imidazole rings is 1. The van der Waals surface area contributed by atoms with Crippen LogP contribution in [0, 0.1) is 6.92 Å². The van der Waals surface area contributed by atoms with Crippen molar-refractivity contribution >= 4 is 0 Å². The van der Waals surface area contributed by atoms with E-state index in [0.717, 1.165) is 31.2 Å². The third-order valence-electron chi connectivity index (χ3n) is 3.03. The SMILES string of the molecule is CCNCc1ccc(OCCn2ccnc2C)cc1. The molecule has 0 amide bonds. The van der Waals surface area contributed by atoms with Crippen LogP contribution in [0.2, 0.25) is 0 Å². The van der Waals surface area contributed by atoms with Crippen molar-refractivity contribution in [2.45, 2.75) is 26.9 Å². The molecular weight excluding hydrogens is 238 g/mol. The third-order valence-corrected chi connectivity index (χ3v) is 3.03. The molecule has 2 aromatic rings. The second-order valence-corrected chi connectivity index (χ2v) is 4.44. The van der Waals surface area contributed by atoms with E-state index in [1.54, 1.807) is 0 Å². The number of ether oxygens (including phenoxy) is 1. The monoisotopic (exact) mass is 259 g/mol. The molecule has 0 spiro atoms. The quantitative estimate of drug-likeness (QED) is 0.829. The summed E-state index contributed by atoms with van der Waals surface area (Å²) in [7, 11) is 0. The molecule has 0 bridgehead atoms. The van der Waals surface area contributed by atoms with Gasteiger partial charge in [-0.1, -0.05) is 19.1 Å². The van der Waals surface area contributed by atoms with Gasteiger partial charge in [0.1, 0.15) is 18.2 Å². The Labute approximate surface area is 114 Å². The molecule has 4 heteroatoms. The van der Waals surface area contributed by atoms with Gasteiger partial charge in [-0.2, -0.15) is 0 Å². The van der Waals surface area contributed by atoms with Crippen molar-refractivity contribution in [2.75, 3.05) is 13.2 Å². The van der Waals surface area contributed by atoms with Crippen LogP contribution in [-0.2, 0) is 13.1 Å². The van der Waals surface area contributed by atoms with Crippen molar-refractivity contribution in [3.05, 3.63) is 48.0 Å². The maximum absolute atomic E-state index is 5.72. The molecule has 0 saturated heterocycles. The Hall–Kier alpha value is -1.81. The molecule has 1 aromatic heterocycles. The lowest BCUT2D eigenvalue weighted by Gasteiger charge is -2.09. The highest BCUT2D eigenvalue weighted by Crippen LogP contribution is 2.12.